The van der Waals surface area contributed by atoms with Crippen LogP contribution in [0.25, 0.3) is 0 Å². The summed E-state index contributed by atoms with van der Waals surface area (Å²) >= 11 is 1.60. The lowest BCUT2D eigenvalue weighted by atomic mass is 10.1. The molecule has 1 saturated heterocycles. The van der Waals surface area contributed by atoms with Crippen molar-refractivity contribution >= 4 is 17.2 Å². The van der Waals surface area contributed by atoms with E-state index in [1.165, 1.54) is 11.1 Å². The summed E-state index contributed by atoms with van der Waals surface area (Å²) in [6, 6.07) is 6.10. The van der Waals surface area contributed by atoms with Gasteiger partial charge in [-0.2, -0.15) is 0 Å². The number of hydrogen-bond donors (Lipinski definition) is 0. The normalized spacial score (nSPS) is 17.1. The number of aromatic nitrogens is 1. The molecule has 2 aromatic rings. The number of rotatable bonds is 9. The van der Waals surface area contributed by atoms with E-state index in [0.29, 0.717) is 13.2 Å². The minimum Gasteiger partial charge on any atom is -0.486 e. The van der Waals surface area contributed by atoms with Gasteiger partial charge in [0.2, 0.25) is 5.91 Å². The lowest BCUT2D eigenvalue weighted by molar-refractivity contribution is -0.133. The number of nitrogens with zero attached hydrogens (tertiary/aromatic N) is 3. The Bertz CT molecular complexity index is 859. The van der Waals surface area contributed by atoms with Crippen LogP contribution < -0.4 is 4.74 Å². The molecule has 1 saturated carbocycles. The van der Waals surface area contributed by atoms with E-state index in [4.69, 9.17) is 14.5 Å². The largest absolute Gasteiger partial charge is 0.486 e. The van der Waals surface area contributed by atoms with Crippen LogP contribution in [0.2, 0.25) is 0 Å². The molecule has 1 amide bonds. The molecule has 1 aromatic carbocycles. The highest BCUT2D eigenvalue weighted by Gasteiger charge is 2.33. The van der Waals surface area contributed by atoms with Gasteiger partial charge in [0.1, 0.15) is 17.4 Å². The van der Waals surface area contributed by atoms with Crippen LogP contribution >= 0.6 is 11.3 Å². The number of aryl methyl sites for hydroxylation is 1. The predicted octanol–water partition coefficient (Wildman–Crippen LogP) is 3.41. The molecule has 6 nitrogen and oxygen atoms in total. The van der Waals surface area contributed by atoms with Gasteiger partial charge in [-0.05, 0) is 43.9 Å². The lowest BCUT2D eigenvalue weighted by Gasteiger charge is -2.30. The van der Waals surface area contributed by atoms with Crippen LogP contribution in [0.4, 0.5) is 0 Å². The number of benzene rings is 1. The summed E-state index contributed by atoms with van der Waals surface area (Å²) < 4.78 is 11.4. The fourth-order valence-electron chi connectivity index (χ4n) is 3.65. The zero-order chi connectivity index (χ0) is 20.9. The number of carbonyl (C=O) groups is 1. The fraction of sp³-hybridized carbons (Fsp3) is 0.565. The van der Waals surface area contributed by atoms with Crippen molar-refractivity contribution in [2.24, 2.45) is 5.92 Å². The number of thiazole rings is 1. The Labute approximate surface area is 182 Å². The van der Waals surface area contributed by atoms with E-state index in [-0.39, 0.29) is 11.8 Å². The summed E-state index contributed by atoms with van der Waals surface area (Å²) in [6.45, 7) is 10.3. The second kappa shape index (κ2) is 9.90. The van der Waals surface area contributed by atoms with E-state index < -0.39 is 0 Å². The highest BCUT2D eigenvalue weighted by molar-refractivity contribution is 7.09. The third-order valence-corrected chi connectivity index (χ3v) is 6.76. The van der Waals surface area contributed by atoms with E-state index in [9.17, 15) is 4.79 Å². The molecule has 4 rings (SSSR count). The van der Waals surface area contributed by atoms with Crippen LogP contribution in [0, 0.1) is 19.8 Å². The Kier molecular flexibility index (Phi) is 7.02. The molecule has 0 spiro atoms. The summed E-state index contributed by atoms with van der Waals surface area (Å²) in [5.74, 6) is 1.41. The number of ether oxygens (including phenoxy) is 2. The van der Waals surface area contributed by atoms with Crippen molar-refractivity contribution in [2.45, 2.75) is 39.8 Å². The van der Waals surface area contributed by atoms with Gasteiger partial charge in [0.05, 0.1) is 25.5 Å². The number of hydrogen-bond acceptors (Lipinski definition) is 6. The summed E-state index contributed by atoms with van der Waals surface area (Å²) in [5, 5.41) is 3.00. The molecule has 2 fully saturated rings. The third-order valence-electron chi connectivity index (χ3n) is 5.89. The Morgan fingerprint density at radius 1 is 1.30 bits per heavy atom. The van der Waals surface area contributed by atoms with E-state index >= 15 is 0 Å². The van der Waals surface area contributed by atoms with Crippen LogP contribution in [0.3, 0.4) is 0 Å². The first kappa shape index (κ1) is 21.3. The SMILES string of the molecule is Cc1cccc(OCc2nc(CN(CCN3CCOCC3)C(=O)C3CC3)cs2)c1C. The van der Waals surface area contributed by atoms with Crippen LogP contribution in [0.15, 0.2) is 23.6 Å². The van der Waals surface area contributed by atoms with E-state index in [0.717, 1.165) is 68.7 Å². The highest BCUT2D eigenvalue weighted by atomic mass is 32.1. The molecule has 0 radical (unpaired) electrons. The van der Waals surface area contributed by atoms with Gasteiger partial charge in [0, 0.05) is 37.5 Å². The van der Waals surface area contributed by atoms with E-state index in [1.807, 2.05) is 17.0 Å². The summed E-state index contributed by atoms with van der Waals surface area (Å²) in [7, 11) is 0. The molecule has 1 aromatic heterocycles. The zero-order valence-corrected chi connectivity index (χ0v) is 18.7. The van der Waals surface area contributed by atoms with E-state index in [2.05, 4.69) is 30.2 Å². The predicted molar refractivity (Wildman–Crippen MR) is 118 cm³/mol. The van der Waals surface area contributed by atoms with Crippen molar-refractivity contribution in [3.8, 4) is 5.75 Å². The van der Waals surface area contributed by atoms with Crippen molar-refractivity contribution in [3.05, 3.63) is 45.4 Å². The van der Waals surface area contributed by atoms with Crippen LogP contribution in [0.5, 0.6) is 5.75 Å². The van der Waals surface area contributed by atoms with Gasteiger partial charge >= 0.3 is 0 Å². The van der Waals surface area contributed by atoms with Gasteiger partial charge < -0.3 is 14.4 Å². The van der Waals surface area contributed by atoms with Crippen molar-refractivity contribution in [3.63, 3.8) is 0 Å². The average Bonchev–Trinajstić information content (AvgIpc) is 3.52. The fourth-order valence-corrected chi connectivity index (χ4v) is 4.34. The lowest BCUT2D eigenvalue weighted by Crippen LogP contribution is -2.43. The zero-order valence-electron chi connectivity index (χ0n) is 17.9. The summed E-state index contributed by atoms with van der Waals surface area (Å²) in [6.07, 6.45) is 2.05. The molecular formula is C23H31N3O3S. The van der Waals surface area contributed by atoms with Crippen molar-refractivity contribution in [1.29, 1.82) is 0 Å². The highest BCUT2D eigenvalue weighted by Crippen LogP contribution is 2.31. The molecule has 162 valence electrons. The van der Waals surface area contributed by atoms with Gasteiger partial charge in [-0.15, -0.1) is 11.3 Å². The third kappa shape index (κ3) is 5.59. The molecule has 0 atom stereocenters. The molecule has 2 heterocycles. The van der Waals surface area contributed by atoms with Crippen molar-refractivity contribution in [2.75, 3.05) is 39.4 Å². The molecule has 1 aliphatic heterocycles. The minimum absolute atomic E-state index is 0.223. The number of carbonyl (C=O) groups excluding carboxylic acids is 1. The molecule has 0 bridgehead atoms. The Balaban J connectivity index is 1.34. The number of morpholine rings is 1. The molecular weight excluding hydrogens is 398 g/mol. The second-order valence-corrected chi connectivity index (χ2v) is 9.15. The Hall–Kier alpha value is -1.96. The van der Waals surface area contributed by atoms with Crippen LogP contribution in [-0.4, -0.2) is 60.1 Å². The van der Waals surface area contributed by atoms with Gasteiger partial charge in [0.15, 0.2) is 0 Å². The maximum atomic E-state index is 12.8. The molecule has 1 aliphatic carbocycles. The van der Waals surface area contributed by atoms with Gasteiger partial charge in [-0.3, -0.25) is 9.69 Å². The molecule has 7 heteroatoms. The first-order valence-electron chi connectivity index (χ1n) is 10.8. The Morgan fingerprint density at radius 3 is 2.87 bits per heavy atom. The first-order valence-corrected chi connectivity index (χ1v) is 11.7. The van der Waals surface area contributed by atoms with Crippen molar-refractivity contribution < 1.29 is 14.3 Å². The number of amides is 1. The maximum Gasteiger partial charge on any atom is 0.226 e. The average molecular weight is 430 g/mol. The molecule has 0 unspecified atom stereocenters. The van der Waals surface area contributed by atoms with Gasteiger partial charge in [-0.25, -0.2) is 4.98 Å². The molecule has 30 heavy (non-hydrogen) atoms. The van der Waals surface area contributed by atoms with E-state index in [1.54, 1.807) is 11.3 Å². The van der Waals surface area contributed by atoms with Gasteiger partial charge in [0.25, 0.3) is 0 Å². The standard InChI is InChI=1S/C23H31N3O3S/c1-17-4-3-5-21(18(17)2)29-15-22-24-20(16-30-22)14-26(23(27)19-6-7-19)9-8-25-10-12-28-13-11-25/h3-5,16,19H,6-15H2,1-2H3. The van der Waals surface area contributed by atoms with Crippen LogP contribution in [0.1, 0.15) is 34.7 Å². The minimum atomic E-state index is 0.223. The maximum absolute atomic E-state index is 12.8. The summed E-state index contributed by atoms with van der Waals surface area (Å²) in [5.41, 5.74) is 3.34. The Morgan fingerprint density at radius 2 is 2.10 bits per heavy atom. The van der Waals surface area contributed by atoms with Crippen LogP contribution in [-0.2, 0) is 22.7 Å². The second-order valence-electron chi connectivity index (χ2n) is 8.21. The van der Waals surface area contributed by atoms with Crippen molar-refractivity contribution in [1.82, 2.24) is 14.8 Å². The smallest absolute Gasteiger partial charge is 0.226 e. The monoisotopic (exact) mass is 429 g/mol. The molecule has 2 aliphatic rings. The first-order chi connectivity index (χ1) is 14.6. The topological polar surface area (TPSA) is 54.9 Å². The van der Waals surface area contributed by atoms with Gasteiger partial charge in [-0.1, -0.05) is 12.1 Å². The molecule has 0 N–H and O–H groups in total. The quantitative estimate of drug-likeness (QED) is 0.611. The summed E-state index contributed by atoms with van der Waals surface area (Å²) in [4.78, 5) is 21.9.